The summed E-state index contributed by atoms with van der Waals surface area (Å²) in [5.74, 6) is 0. The van der Waals surface area contributed by atoms with E-state index in [1.165, 1.54) is 6.20 Å². The largest absolute Gasteiger partial charge is 0.386 e. The topological polar surface area (TPSA) is 93.3 Å². The normalized spacial score (nSPS) is 13.9. The number of aliphatic hydroxyl groups is 1. The molecule has 0 aliphatic rings. The number of hydrogen-bond donors (Lipinski definition) is 2. The summed E-state index contributed by atoms with van der Waals surface area (Å²) in [6.07, 6.45) is 3.08. The average Bonchev–Trinajstić information content (AvgIpc) is 2.68. The van der Waals surface area contributed by atoms with Crippen molar-refractivity contribution in [2.75, 3.05) is 6.26 Å². The number of hydrogen-bond acceptors (Lipinski definition) is 5. The van der Waals surface area contributed by atoms with Gasteiger partial charge >= 0.3 is 0 Å². The summed E-state index contributed by atoms with van der Waals surface area (Å²) >= 11 is 11.9. The molecule has 0 amide bonds. The summed E-state index contributed by atoms with van der Waals surface area (Å²) in [6.45, 7) is 0. The van der Waals surface area contributed by atoms with Gasteiger partial charge < -0.3 is 10.8 Å². The van der Waals surface area contributed by atoms with E-state index in [9.17, 15) is 13.5 Å². The van der Waals surface area contributed by atoms with E-state index in [1.807, 2.05) is 0 Å². The molecule has 0 aliphatic carbocycles. The van der Waals surface area contributed by atoms with Crippen LogP contribution in [-0.4, -0.2) is 24.8 Å². The first-order valence-corrected chi connectivity index (χ1v) is 11.0. The minimum atomic E-state index is -3.34. The van der Waals surface area contributed by atoms with Crippen LogP contribution in [-0.2, 0) is 9.84 Å². The number of nitrogens with zero attached hydrogens (tertiary/aromatic N) is 1. The molecule has 8 heteroatoms. The van der Waals surface area contributed by atoms with Gasteiger partial charge in [-0.25, -0.2) is 8.42 Å². The third-order valence-corrected chi connectivity index (χ3v) is 6.21. The number of aliphatic hydroxyl groups excluding tert-OH is 1. The molecular formula is C20H18Cl2N2O3S. The molecule has 3 aromatic rings. The van der Waals surface area contributed by atoms with Gasteiger partial charge in [-0.1, -0.05) is 53.5 Å². The van der Waals surface area contributed by atoms with E-state index in [4.69, 9.17) is 28.9 Å². The lowest BCUT2D eigenvalue weighted by Crippen LogP contribution is -2.19. The second kappa shape index (κ2) is 8.19. The summed E-state index contributed by atoms with van der Waals surface area (Å²) in [7, 11) is -3.34. The van der Waals surface area contributed by atoms with Crippen LogP contribution in [0, 0.1) is 0 Å². The van der Waals surface area contributed by atoms with Gasteiger partial charge in [-0.2, -0.15) is 0 Å². The second-order valence-corrected chi connectivity index (χ2v) is 9.28. The minimum Gasteiger partial charge on any atom is -0.386 e. The van der Waals surface area contributed by atoms with Crippen molar-refractivity contribution in [1.29, 1.82) is 0 Å². The van der Waals surface area contributed by atoms with Crippen LogP contribution in [0.25, 0.3) is 11.1 Å². The molecule has 2 aromatic carbocycles. The third kappa shape index (κ3) is 4.54. The lowest BCUT2D eigenvalue weighted by Gasteiger charge is -2.20. The Morgan fingerprint density at radius 2 is 1.57 bits per heavy atom. The number of nitrogens with two attached hydrogens (primary N) is 1. The molecule has 0 bridgehead atoms. The summed E-state index contributed by atoms with van der Waals surface area (Å²) in [5, 5.41) is 11.4. The molecule has 0 aliphatic heterocycles. The summed E-state index contributed by atoms with van der Waals surface area (Å²) in [5.41, 5.74) is 8.90. The molecule has 28 heavy (non-hydrogen) atoms. The number of benzene rings is 2. The van der Waals surface area contributed by atoms with Crippen LogP contribution in [0.4, 0.5) is 0 Å². The van der Waals surface area contributed by atoms with Gasteiger partial charge in [0.15, 0.2) is 9.84 Å². The van der Waals surface area contributed by atoms with Crippen molar-refractivity contribution in [3.63, 3.8) is 0 Å². The highest BCUT2D eigenvalue weighted by molar-refractivity contribution is 7.90. The molecule has 0 saturated heterocycles. The van der Waals surface area contributed by atoms with Crippen LogP contribution in [0.15, 0.2) is 65.8 Å². The molecule has 0 saturated carbocycles. The number of sulfone groups is 1. The Labute approximate surface area is 173 Å². The fourth-order valence-corrected chi connectivity index (χ4v) is 3.66. The van der Waals surface area contributed by atoms with Gasteiger partial charge in [-0.3, -0.25) is 4.98 Å². The first kappa shape index (κ1) is 20.8. The van der Waals surface area contributed by atoms with Crippen LogP contribution in [0.2, 0.25) is 10.0 Å². The third-order valence-electron chi connectivity index (χ3n) is 4.40. The van der Waals surface area contributed by atoms with Crippen molar-refractivity contribution < 1.29 is 13.5 Å². The fourth-order valence-electron chi connectivity index (χ4n) is 2.76. The standard InChI is InChI=1S/C20H18Cl2N2O3S/c1-28(26,27)16-8-15(10-24-11-16)12-2-4-13(5-3-12)20(25)19(23)14-6-7-17(21)18(22)9-14/h2-11,19-20,25H,23H2,1H3/t19-,20+/m0/s1. The van der Waals surface area contributed by atoms with Crippen molar-refractivity contribution in [3.05, 3.63) is 82.1 Å². The number of rotatable bonds is 5. The maximum absolute atomic E-state index is 11.7. The molecule has 5 nitrogen and oxygen atoms in total. The first-order valence-electron chi connectivity index (χ1n) is 8.31. The lowest BCUT2D eigenvalue weighted by atomic mass is 9.95. The van der Waals surface area contributed by atoms with Crippen molar-refractivity contribution >= 4 is 33.0 Å². The summed E-state index contributed by atoms with van der Waals surface area (Å²) in [6, 6.07) is 12.9. The maximum atomic E-state index is 11.7. The van der Waals surface area contributed by atoms with E-state index in [1.54, 1.807) is 54.7 Å². The Balaban J connectivity index is 1.85. The Hall–Kier alpha value is -1.96. The fraction of sp³-hybridized carbons (Fsp3) is 0.150. The van der Waals surface area contributed by atoms with Gasteiger partial charge in [0.25, 0.3) is 0 Å². The van der Waals surface area contributed by atoms with Gasteiger partial charge in [0.2, 0.25) is 0 Å². The zero-order valence-electron chi connectivity index (χ0n) is 14.9. The van der Waals surface area contributed by atoms with Gasteiger partial charge in [-0.05, 0) is 34.9 Å². The molecular weight excluding hydrogens is 419 g/mol. The Bertz CT molecular complexity index is 1100. The lowest BCUT2D eigenvalue weighted by molar-refractivity contribution is 0.147. The monoisotopic (exact) mass is 436 g/mol. The van der Waals surface area contributed by atoms with Crippen molar-refractivity contribution in [1.82, 2.24) is 4.98 Å². The van der Waals surface area contributed by atoms with Crippen LogP contribution < -0.4 is 5.73 Å². The Morgan fingerprint density at radius 3 is 2.18 bits per heavy atom. The molecule has 2 atom stereocenters. The molecule has 0 radical (unpaired) electrons. The van der Waals surface area contributed by atoms with E-state index in [-0.39, 0.29) is 4.90 Å². The van der Waals surface area contributed by atoms with E-state index < -0.39 is 22.0 Å². The van der Waals surface area contributed by atoms with E-state index in [0.717, 1.165) is 11.8 Å². The number of pyridine rings is 1. The summed E-state index contributed by atoms with van der Waals surface area (Å²) < 4.78 is 23.4. The smallest absolute Gasteiger partial charge is 0.177 e. The number of halogens is 2. The first-order chi connectivity index (χ1) is 13.2. The van der Waals surface area contributed by atoms with Gasteiger partial charge in [0.1, 0.15) is 0 Å². The highest BCUT2D eigenvalue weighted by atomic mass is 35.5. The molecule has 3 rings (SSSR count). The molecule has 1 aromatic heterocycles. The molecule has 146 valence electrons. The highest BCUT2D eigenvalue weighted by Crippen LogP contribution is 2.32. The quantitative estimate of drug-likeness (QED) is 0.624. The van der Waals surface area contributed by atoms with Crippen molar-refractivity contribution in [3.8, 4) is 11.1 Å². The predicted molar refractivity (Wildman–Crippen MR) is 111 cm³/mol. The SMILES string of the molecule is CS(=O)(=O)c1cncc(-c2ccc([C@@H](O)[C@@H](N)c3ccc(Cl)c(Cl)c3)cc2)c1. The Morgan fingerprint density at radius 1 is 0.929 bits per heavy atom. The maximum Gasteiger partial charge on any atom is 0.177 e. The minimum absolute atomic E-state index is 0.149. The van der Waals surface area contributed by atoms with E-state index in [2.05, 4.69) is 4.98 Å². The molecule has 1 heterocycles. The van der Waals surface area contributed by atoms with Gasteiger partial charge in [-0.15, -0.1) is 0 Å². The van der Waals surface area contributed by atoms with E-state index in [0.29, 0.717) is 26.7 Å². The van der Waals surface area contributed by atoms with Gasteiger partial charge in [0.05, 0.1) is 27.1 Å². The molecule has 0 spiro atoms. The van der Waals surface area contributed by atoms with Crippen molar-refractivity contribution in [2.24, 2.45) is 5.73 Å². The van der Waals surface area contributed by atoms with Gasteiger partial charge in [0, 0.05) is 24.2 Å². The van der Waals surface area contributed by atoms with Crippen LogP contribution in [0.5, 0.6) is 0 Å². The average molecular weight is 437 g/mol. The van der Waals surface area contributed by atoms with Crippen LogP contribution >= 0.6 is 23.2 Å². The zero-order valence-corrected chi connectivity index (χ0v) is 17.2. The highest BCUT2D eigenvalue weighted by Gasteiger charge is 2.20. The van der Waals surface area contributed by atoms with E-state index >= 15 is 0 Å². The molecule has 3 N–H and O–H groups in total. The second-order valence-electron chi connectivity index (χ2n) is 6.45. The molecule has 0 unspecified atom stereocenters. The summed E-state index contributed by atoms with van der Waals surface area (Å²) in [4.78, 5) is 4.15. The molecule has 0 fully saturated rings. The predicted octanol–water partition coefficient (Wildman–Crippen LogP) is 4.19. The van der Waals surface area contributed by atoms with Crippen LogP contribution in [0.1, 0.15) is 23.3 Å². The van der Waals surface area contributed by atoms with Crippen LogP contribution in [0.3, 0.4) is 0 Å². The Kier molecular flexibility index (Phi) is 6.07. The number of aromatic nitrogens is 1. The van der Waals surface area contributed by atoms with Crippen molar-refractivity contribution in [2.45, 2.75) is 17.0 Å². The zero-order chi connectivity index (χ0) is 20.5.